The molecule has 0 radical (unpaired) electrons. The number of hydrogen-bond acceptors (Lipinski definition) is 4. The van der Waals surface area contributed by atoms with Gasteiger partial charge in [-0.15, -0.1) is 0 Å². The third kappa shape index (κ3) is 0.937. The van der Waals surface area contributed by atoms with Crippen LogP contribution in [0.15, 0.2) is 0 Å². The van der Waals surface area contributed by atoms with Gasteiger partial charge < -0.3 is 10.2 Å². The SMILES string of the molecule is O=C1NNC(=O)C(O)C1O. The number of aliphatic hydroxyl groups is 2. The lowest BCUT2D eigenvalue weighted by Crippen LogP contribution is -2.61. The molecule has 10 heavy (non-hydrogen) atoms. The Morgan fingerprint density at radius 1 is 1.00 bits per heavy atom. The minimum Gasteiger partial charge on any atom is -0.380 e. The van der Waals surface area contributed by atoms with Crippen LogP contribution in [-0.2, 0) is 9.59 Å². The molecule has 4 N–H and O–H groups in total. The molecule has 0 aromatic rings. The van der Waals surface area contributed by atoms with Crippen LogP contribution in [0.25, 0.3) is 0 Å². The van der Waals surface area contributed by atoms with Gasteiger partial charge in [0.2, 0.25) is 0 Å². The zero-order chi connectivity index (χ0) is 7.72. The first-order valence-electron chi connectivity index (χ1n) is 2.59. The van der Waals surface area contributed by atoms with Crippen LogP contribution in [0, 0.1) is 0 Å². The monoisotopic (exact) mass is 146 g/mol. The minimum atomic E-state index is -1.66. The molecule has 2 atom stereocenters. The Balaban J connectivity index is 2.69. The molecule has 6 heteroatoms. The summed E-state index contributed by atoms with van der Waals surface area (Å²) >= 11 is 0. The Hall–Kier alpha value is -1.14. The molecule has 0 aromatic carbocycles. The summed E-state index contributed by atoms with van der Waals surface area (Å²) in [5, 5.41) is 17.4. The second-order valence-corrected chi connectivity index (χ2v) is 1.87. The summed E-state index contributed by atoms with van der Waals surface area (Å²) in [7, 11) is 0. The van der Waals surface area contributed by atoms with Crippen molar-refractivity contribution >= 4 is 11.8 Å². The average molecular weight is 146 g/mol. The maximum atomic E-state index is 10.4. The highest BCUT2D eigenvalue weighted by Gasteiger charge is 2.34. The molecule has 0 aromatic heterocycles. The number of aliphatic hydroxyl groups excluding tert-OH is 2. The van der Waals surface area contributed by atoms with E-state index in [1.165, 1.54) is 0 Å². The summed E-state index contributed by atoms with van der Waals surface area (Å²) in [6.07, 6.45) is -3.32. The van der Waals surface area contributed by atoms with Gasteiger partial charge >= 0.3 is 0 Å². The first kappa shape index (κ1) is 6.97. The molecule has 6 nitrogen and oxygen atoms in total. The van der Waals surface area contributed by atoms with Gasteiger partial charge in [0.25, 0.3) is 11.8 Å². The normalized spacial score (nSPS) is 33.0. The van der Waals surface area contributed by atoms with Crippen molar-refractivity contribution in [1.82, 2.24) is 10.9 Å². The Morgan fingerprint density at radius 2 is 1.30 bits per heavy atom. The van der Waals surface area contributed by atoms with Crippen LogP contribution in [0.2, 0.25) is 0 Å². The van der Waals surface area contributed by atoms with Gasteiger partial charge in [-0.2, -0.15) is 0 Å². The van der Waals surface area contributed by atoms with E-state index in [-0.39, 0.29) is 0 Å². The molecular formula is C4H6N2O4. The van der Waals surface area contributed by atoms with Crippen molar-refractivity contribution in [2.24, 2.45) is 0 Å². The number of rotatable bonds is 0. The van der Waals surface area contributed by atoms with Gasteiger partial charge in [-0.25, -0.2) is 0 Å². The fraction of sp³-hybridized carbons (Fsp3) is 0.500. The fourth-order valence-corrected chi connectivity index (χ4v) is 0.558. The van der Waals surface area contributed by atoms with Crippen LogP contribution in [-0.4, -0.2) is 34.2 Å². The molecular weight excluding hydrogens is 140 g/mol. The largest absolute Gasteiger partial charge is 0.380 e. The van der Waals surface area contributed by atoms with Gasteiger partial charge in [0.15, 0.2) is 12.2 Å². The second-order valence-electron chi connectivity index (χ2n) is 1.87. The highest BCUT2D eigenvalue weighted by molar-refractivity contribution is 5.95. The van der Waals surface area contributed by atoms with Crippen molar-refractivity contribution in [2.45, 2.75) is 12.2 Å². The average Bonchev–Trinajstić information content (AvgIpc) is 1.93. The van der Waals surface area contributed by atoms with Crippen molar-refractivity contribution < 1.29 is 19.8 Å². The van der Waals surface area contributed by atoms with Gasteiger partial charge in [-0.05, 0) is 0 Å². The Morgan fingerprint density at radius 3 is 1.60 bits per heavy atom. The quantitative estimate of drug-likeness (QED) is 0.290. The number of nitrogens with one attached hydrogen (secondary N) is 2. The maximum absolute atomic E-state index is 10.4. The van der Waals surface area contributed by atoms with Crippen LogP contribution in [0.5, 0.6) is 0 Å². The van der Waals surface area contributed by atoms with Gasteiger partial charge in [0, 0.05) is 0 Å². The molecule has 56 valence electrons. The van der Waals surface area contributed by atoms with E-state index in [1.54, 1.807) is 0 Å². The van der Waals surface area contributed by atoms with E-state index in [2.05, 4.69) is 0 Å². The van der Waals surface area contributed by atoms with Crippen molar-refractivity contribution in [3.63, 3.8) is 0 Å². The van der Waals surface area contributed by atoms with Crippen molar-refractivity contribution in [3.8, 4) is 0 Å². The molecule has 1 heterocycles. The molecule has 2 amide bonds. The molecule has 0 spiro atoms. The van der Waals surface area contributed by atoms with Crippen LogP contribution < -0.4 is 10.9 Å². The Labute approximate surface area is 55.8 Å². The van der Waals surface area contributed by atoms with Gasteiger partial charge in [0.1, 0.15) is 0 Å². The van der Waals surface area contributed by atoms with E-state index in [4.69, 9.17) is 10.2 Å². The number of hydrazine groups is 1. The number of hydrogen-bond donors (Lipinski definition) is 4. The van der Waals surface area contributed by atoms with E-state index in [0.717, 1.165) is 0 Å². The summed E-state index contributed by atoms with van der Waals surface area (Å²) in [5.74, 6) is -1.63. The summed E-state index contributed by atoms with van der Waals surface area (Å²) in [4.78, 5) is 20.8. The van der Waals surface area contributed by atoms with Crippen LogP contribution in [0.3, 0.4) is 0 Å². The predicted octanol–water partition coefficient (Wildman–Crippen LogP) is -3.13. The van der Waals surface area contributed by atoms with Crippen molar-refractivity contribution in [3.05, 3.63) is 0 Å². The van der Waals surface area contributed by atoms with Crippen molar-refractivity contribution in [1.29, 1.82) is 0 Å². The smallest absolute Gasteiger partial charge is 0.270 e. The molecule has 0 aliphatic carbocycles. The van der Waals surface area contributed by atoms with E-state index < -0.39 is 24.0 Å². The van der Waals surface area contributed by atoms with Crippen LogP contribution in [0.4, 0.5) is 0 Å². The first-order chi connectivity index (χ1) is 4.63. The third-order valence-corrected chi connectivity index (χ3v) is 1.15. The van der Waals surface area contributed by atoms with E-state index in [1.807, 2.05) is 10.9 Å². The number of amides is 2. The third-order valence-electron chi connectivity index (χ3n) is 1.15. The zero-order valence-corrected chi connectivity index (χ0v) is 4.87. The predicted molar refractivity (Wildman–Crippen MR) is 28.3 cm³/mol. The van der Waals surface area contributed by atoms with Crippen LogP contribution in [0.1, 0.15) is 0 Å². The summed E-state index contributed by atoms with van der Waals surface area (Å²) in [6, 6.07) is 0. The van der Waals surface area contributed by atoms with E-state index in [9.17, 15) is 9.59 Å². The number of carbonyl (C=O) groups is 2. The lowest BCUT2D eigenvalue weighted by molar-refractivity contribution is -0.154. The first-order valence-corrected chi connectivity index (χ1v) is 2.59. The van der Waals surface area contributed by atoms with Crippen molar-refractivity contribution in [2.75, 3.05) is 0 Å². The summed E-state index contributed by atoms with van der Waals surface area (Å²) in [5.41, 5.74) is 3.73. The molecule has 1 rings (SSSR count). The Bertz CT molecular complexity index is 160. The molecule has 1 saturated heterocycles. The fourth-order valence-electron chi connectivity index (χ4n) is 0.558. The van der Waals surface area contributed by atoms with E-state index >= 15 is 0 Å². The minimum absolute atomic E-state index is 0.813. The van der Waals surface area contributed by atoms with Gasteiger partial charge in [-0.1, -0.05) is 0 Å². The molecule has 1 fully saturated rings. The molecule has 2 unspecified atom stereocenters. The highest BCUT2D eigenvalue weighted by atomic mass is 16.4. The molecule has 1 aliphatic rings. The molecule has 0 bridgehead atoms. The van der Waals surface area contributed by atoms with Crippen LogP contribution >= 0.6 is 0 Å². The summed E-state index contributed by atoms with van der Waals surface area (Å²) < 4.78 is 0. The highest BCUT2D eigenvalue weighted by Crippen LogP contribution is 1.96. The lowest BCUT2D eigenvalue weighted by Gasteiger charge is -2.22. The van der Waals surface area contributed by atoms with Gasteiger partial charge in [0.05, 0.1) is 0 Å². The standard InChI is InChI=1S/C4H6N2O4/c7-1-2(8)4(10)6-5-3(1)9/h1-2,7-8H,(H,5,9)(H,6,10). The topological polar surface area (TPSA) is 98.7 Å². The Kier molecular flexibility index (Phi) is 1.56. The lowest BCUT2D eigenvalue weighted by atomic mass is 10.1. The zero-order valence-electron chi connectivity index (χ0n) is 4.87. The summed E-state index contributed by atoms with van der Waals surface area (Å²) in [6.45, 7) is 0. The van der Waals surface area contributed by atoms with Gasteiger partial charge in [-0.3, -0.25) is 20.4 Å². The maximum Gasteiger partial charge on any atom is 0.270 e. The number of carbonyl (C=O) groups excluding carboxylic acids is 2. The van der Waals surface area contributed by atoms with E-state index in [0.29, 0.717) is 0 Å². The molecule has 0 saturated carbocycles. The second kappa shape index (κ2) is 2.24. The molecule has 1 aliphatic heterocycles.